The van der Waals surface area contributed by atoms with E-state index in [1.807, 2.05) is 0 Å². The first kappa shape index (κ1) is 37.9. The fourth-order valence-electron chi connectivity index (χ4n) is 5.41. The van der Waals surface area contributed by atoms with Gasteiger partial charge in [0.25, 0.3) is 32.4 Å². The molecule has 19 nitrogen and oxygen atoms in total. The van der Waals surface area contributed by atoms with E-state index in [9.17, 15) is 56.7 Å². The standard InChI is InChI=1S/C29H24N4O15S5/c1-12(26-30(3-2-4-53(44,45)46)13-6-14-15(48-11-47-14)7-16(13)49-26)5-17-23(40)31(8-18(34)35)27(50-17)21-24(41)32(9-19(36)37)28(51-21)22-25(42)33(10-20(38)39)29(43)52-22/h5-7H,2-4,8-11H2,1H3,(H,34,35)(H,36,37)(H,38,39)(H,44,45,46)/b17-5-,26-12+,27-21+,28-22+. The van der Waals surface area contributed by atoms with Crippen LogP contribution in [0.1, 0.15) is 13.3 Å². The minimum absolute atomic E-state index is 0.00732. The maximum absolute atomic E-state index is 13.8. The van der Waals surface area contributed by atoms with Crippen molar-refractivity contribution < 1.29 is 61.7 Å². The number of rotatable bonds is 11. The Morgan fingerprint density at radius 1 is 0.849 bits per heavy atom. The van der Waals surface area contributed by atoms with Crippen molar-refractivity contribution in [2.45, 2.75) is 31.3 Å². The number of ether oxygens (including phenoxy) is 2. The van der Waals surface area contributed by atoms with E-state index < -0.39 is 80.6 Å². The van der Waals surface area contributed by atoms with Crippen molar-refractivity contribution in [2.24, 2.45) is 0 Å². The lowest BCUT2D eigenvalue weighted by Gasteiger charge is -2.21. The molecule has 24 heteroatoms. The maximum atomic E-state index is 13.8. The van der Waals surface area contributed by atoms with E-state index in [1.165, 1.54) is 17.8 Å². The summed E-state index contributed by atoms with van der Waals surface area (Å²) in [6, 6.07) is 3.44. The zero-order chi connectivity index (χ0) is 38.5. The third-order valence-corrected chi connectivity index (χ3v) is 13.2. The molecular formula is C29H24N4O15S5. The van der Waals surface area contributed by atoms with Crippen LogP contribution in [0.4, 0.5) is 10.5 Å². The average molecular weight is 829 g/mol. The van der Waals surface area contributed by atoms with Crippen LogP contribution in [0.2, 0.25) is 0 Å². The molecule has 6 rings (SSSR count). The number of thiazole rings is 2. The maximum Gasteiger partial charge on any atom is 0.323 e. The molecule has 0 aliphatic carbocycles. The van der Waals surface area contributed by atoms with E-state index in [4.69, 9.17) is 14.6 Å². The molecule has 0 atom stereocenters. The molecule has 4 N–H and O–H groups in total. The van der Waals surface area contributed by atoms with Crippen LogP contribution in [0.5, 0.6) is 11.5 Å². The monoisotopic (exact) mass is 828 g/mol. The average Bonchev–Trinajstić information content (AvgIpc) is 3.86. The second kappa shape index (κ2) is 14.5. The van der Waals surface area contributed by atoms with Crippen LogP contribution in [0.15, 0.2) is 37.2 Å². The van der Waals surface area contributed by atoms with Gasteiger partial charge in [0.15, 0.2) is 11.5 Å². The molecule has 1 fully saturated rings. The van der Waals surface area contributed by atoms with Crippen molar-refractivity contribution in [1.82, 2.24) is 14.0 Å². The van der Waals surface area contributed by atoms with Crippen molar-refractivity contribution in [2.75, 3.05) is 30.5 Å². The minimum atomic E-state index is -4.28. The Labute approximate surface area is 311 Å². The lowest BCUT2D eigenvalue weighted by atomic mass is 10.2. The Kier molecular flexibility index (Phi) is 10.4. The number of carboxylic acids is 3. The summed E-state index contributed by atoms with van der Waals surface area (Å²) in [5.41, 5.74) is -0.742. The van der Waals surface area contributed by atoms with Gasteiger partial charge < -0.3 is 29.7 Å². The van der Waals surface area contributed by atoms with E-state index in [-0.39, 0.29) is 38.1 Å². The Morgan fingerprint density at radius 2 is 1.47 bits per heavy atom. The van der Waals surface area contributed by atoms with Gasteiger partial charge >= 0.3 is 17.9 Å². The summed E-state index contributed by atoms with van der Waals surface area (Å²) < 4.78 is 43.9. The summed E-state index contributed by atoms with van der Waals surface area (Å²) in [7, 11) is -4.28. The number of anilines is 1. The number of thioether (sulfide) groups is 2. The van der Waals surface area contributed by atoms with Gasteiger partial charge in [-0.15, -0.1) is 22.7 Å². The predicted molar refractivity (Wildman–Crippen MR) is 189 cm³/mol. The molecule has 0 saturated carbocycles. The van der Waals surface area contributed by atoms with Crippen molar-refractivity contribution >= 4 is 102 Å². The van der Waals surface area contributed by atoms with Gasteiger partial charge in [0.1, 0.15) is 38.4 Å². The van der Waals surface area contributed by atoms with Gasteiger partial charge in [-0.1, -0.05) is 11.8 Å². The highest BCUT2D eigenvalue weighted by Gasteiger charge is 2.38. The highest BCUT2D eigenvalue weighted by molar-refractivity contribution is 8.23. The van der Waals surface area contributed by atoms with Crippen molar-refractivity contribution in [3.63, 3.8) is 0 Å². The van der Waals surface area contributed by atoms with Gasteiger partial charge in [-0.05, 0) is 36.8 Å². The first-order valence-corrected chi connectivity index (χ1v) is 19.7. The summed E-state index contributed by atoms with van der Waals surface area (Å²) in [5.74, 6) is -5.14. The molecule has 53 heavy (non-hydrogen) atoms. The lowest BCUT2D eigenvalue weighted by molar-refractivity contribution is -0.140. The van der Waals surface area contributed by atoms with Crippen LogP contribution in [-0.4, -0.2) is 97.0 Å². The quantitative estimate of drug-likeness (QED) is 0.187. The van der Waals surface area contributed by atoms with Gasteiger partial charge in [-0.25, -0.2) is 0 Å². The fraction of sp³-hybridized carbons (Fsp3) is 0.276. The number of aromatic nitrogens is 2. The number of amides is 2. The predicted octanol–water partition coefficient (Wildman–Crippen LogP) is 0.108. The van der Waals surface area contributed by atoms with Gasteiger partial charge in [-0.3, -0.25) is 52.1 Å². The van der Waals surface area contributed by atoms with Gasteiger partial charge in [-0.2, -0.15) is 8.42 Å². The van der Waals surface area contributed by atoms with E-state index in [0.29, 0.717) is 76.6 Å². The number of aliphatic carboxylic acids is 3. The van der Waals surface area contributed by atoms with Gasteiger partial charge in [0.05, 0.1) is 21.0 Å². The second-order valence-corrected chi connectivity index (χ2v) is 16.9. The summed E-state index contributed by atoms with van der Waals surface area (Å²) in [6.07, 6.45) is 1.46. The largest absolute Gasteiger partial charge is 0.480 e. The number of carbonyl (C=O) groups is 5. The number of hydrogen-bond donors (Lipinski definition) is 4. The molecule has 1 aromatic carbocycles. The molecule has 5 heterocycles. The summed E-state index contributed by atoms with van der Waals surface area (Å²) in [6.45, 7) is -1.12. The number of imide groups is 1. The van der Waals surface area contributed by atoms with Gasteiger partial charge in [0.2, 0.25) is 6.79 Å². The molecule has 0 radical (unpaired) electrons. The summed E-state index contributed by atoms with van der Waals surface area (Å²) >= 11 is 2.81. The molecule has 280 valence electrons. The summed E-state index contributed by atoms with van der Waals surface area (Å²) in [5, 5.41) is 28.0. The number of carbonyl (C=O) groups excluding carboxylic acids is 2. The van der Waals surface area contributed by atoms with Crippen molar-refractivity contribution in [3.05, 3.63) is 61.8 Å². The van der Waals surface area contributed by atoms with E-state index in [0.717, 1.165) is 4.57 Å². The highest BCUT2D eigenvalue weighted by atomic mass is 32.2. The fourth-order valence-corrected chi connectivity index (χ4v) is 10.5. The lowest BCUT2D eigenvalue weighted by Crippen LogP contribution is -2.35. The molecule has 0 spiro atoms. The van der Waals surface area contributed by atoms with Gasteiger partial charge in [0, 0.05) is 23.6 Å². The number of nitrogens with zero attached hydrogens (tertiary/aromatic N) is 4. The van der Waals surface area contributed by atoms with Crippen LogP contribution < -0.4 is 34.7 Å². The Bertz CT molecular complexity index is 2640. The number of fused-ring (bicyclic) bond motifs is 2. The van der Waals surface area contributed by atoms with E-state index in [2.05, 4.69) is 0 Å². The number of allylic oxidation sites excluding steroid dienone is 1. The van der Waals surface area contributed by atoms with Crippen LogP contribution >= 0.6 is 46.2 Å². The molecule has 2 amide bonds. The second-order valence-electron chi connectivity index (χ2n) is 11.3. The number of benzene rings is 1. The molecule has 0 bridgehead atoms. The van der Waals surface area contributed by atoms with E-state index >= 15 is 0 Å². The molecule has 2 aromatic heterocycles. The molecule has 3 aromatic rings. The highest BCUT2D eigenvalue weighted by Crippen LogP contribution is 2.52. The Morgan fingerprint density at radius 3 is 2.09 bits per heavy atom. The summed E-state index contributed by atoms with van der Waals surface area (Å²) in [4.78, 5) is 90.5. The molecular weight excluding hydrogens is 805 g/mol. The van der Waals surface area contributed by atoms with Crippen LogP contribution in [0.3, 0.4) is 0 Å². The zero-order valence-electron chi connectivity index (χ0n) is 26.8. The SMILES string of the molecule is CC(/C=c1\s/c(=c2/s/c(=C3/SC(=O)N(CC(=O)O)C3=O)n(CC(=O)O)c2=O)n(CC(=O)O)c1=O)=C1\Sc2cc3c(cc2N1CCCS(=O)(=O)O)OCO3. The van der Waals surface area contributed by atoms with Crippen LogP contribution in [0.25, 0.3) is 11.0 Å². The van der Waals surface area contributed by atoms with Crippen molar-refractivity contribution in [1.29, 1.82) is 0 Å². The van der Waals surface area contributed by atoms with Crippen LogP contribution in [-0.2, 0) is 42.4 Å². The molecule has 0 unspecified atom stereocenters. The topological polar surface area (TPSA) is 269 Å². The van der Waals surface area contributed by atoms with Crippen molar-refractivity contribution in [3.8, 4) is 11.5 Å². The third kappa shape index (κ3) is 7.63. The molecule has 3 aliphatic heterocycles. The number of hydrogen-bond acceptors (Lipinski definition) is 16. The first-order valence-electron chi connectivity index (χ1n) is 14.9. The third-order valence-electron chi connectivity index (χ3n) is 7.57. The van der Waals surface area contributed by atoms with E-state index in [1.54, 1.807) is 24.0 Å². The normalized spacial score (nSPS) is 18.3. The minimum Gasteiger partial charge on any atom is -0.480 e. The van der Waals surface area contributed by atoms with Crippen LogP contribution in [0, 0.1) is 9.20 Å². The number of carboxylic acid groups (broad SMARTS) is 3. The Hall–Kier alpha value is -4.88. The first-order chi connectivity index (χ1) is 24.9. The smallest absolute Gasteiger partial charge is 0.323 e. The Balaban J connectivity index is 1.57. The molecule has 1 saturated heterocycles. The zero-order valence-corrected chi connectivity index (χ0v) is 30.9. The molecule has 3 aliphatic rings.